The number of hydrogen-bond acceptors (Lipinski definition) is 12. The van der Waals surface area contributed by atoms with Crippen LogP contribution in [0.5, 0.6) is 0 Å². The molecule has 11 atom stereocenters. The van der Waals surface area contributed by atoms with Gasteiger partial charge in [-0.15, -0.1) is 0 Å². The van der Waals surface area contributed by atoms with Gasteiger partial charge < -0.3 is 49.1 Å². The molecule has 0 aromatic carbocycles. The van der Waals surface area contributed by atoms with Crippen molar-refractivity contribution in [2.45, 2.75) is 129 Å². The van der Waals surface area contributed by atoms with Crippen molar-refractivity contribution in [3.05, 3.63) is 35.3 Å². The maximum atomic E-state index is 14.7. The zero-order valence-corrected chi connectivity index (χ0v) is 29.4. The van der Waals surface area contributed by atoms with Gasteiger partial charge in [0, 0.05) is 30.8 Å². The van der Waals surface area contributed by atoms with Crippen molar-refractivity contribution in [3.63, 3.8) is 0 Å². The summed E-state index contributed by atoms with van der Waals surface area (Å²) in [7, 11) is 1.47. The van der Waals surface area contributed by atoms with Gasteiger partial charge in [-0.3, -0.25) is 4.79 Å². The molecule has 13 nitrogen and oxygen atoms in total. The SMILES string of the molecule is COC1CC2OC[C@@]2(O)C2(C)[C@H](C)C3(O)CC(OC(=O)C(O)C(NC(=O)OC(C)(C)C)c4ccco4)C(C)=C(C(O)C(=O)[C@]12C)C3(C)C. The van der Waals surface area contributed by atoms with E-state index in [1.807, 2.05) is 0 Å². The molecular formula is C35H51NO12. The fourth-order valence-electron chi connectivity index (χ4n) is 9.33. The van der Waals surface area contributed by atoms with Crippen LogP contribution in [0.3, 0.4) is 0 Å². The Morgan fingerprint density at radius 1 is 1.12 bits per heavy atom. The van der Waals surface area contributed by atoms with Gasteiger partial charge in [-0.1, -0.05) is 27.7 Å². The van der Waals surface area contributed by atoms with Gasteiger partial charge in [0.05, 0.1) is 36.1 Å². The number of furan rings is 1. The van der Waals surface area contributed by atoms with E-state index in [4.69, 9.17) is 23.4 Å². The number of Topliss-reactive ketones (excluding diaryl/α,β-unsaturated/α-hetero) is 1. The lowest BCUT2D eigenvalue weighted by molar-refractivity contribution is -0.373. The molecule has 1 amide bonds. The summed E-state index contributed by atoms with van der Waals surface area (Å²) in [4.78, 5) is 41.0. The van der Waals surface area contributed by atoms with Crippen molar-refractivity contribution in [1.29, 1.82) is 0 Å². The van der Waals surface area contributed by atoms with E-state index in [9.17, 15) is 34.8 Å². The summed E-state index contributed by atoms with van der Waals surface area (Å²) in [5, 5.41) is 51.0. The lowest BCUT2D eigenvalue weighted by atomic mass is 9.36. The molecule has 3 aliphatic carbocycles. The standard InChI is InChI=1S/C35H51NO12/c1-17-20(47-28(40)26(38)24(19-12-11-13-45-19)36-29(41)48-30(3,4)5)15-34(42)18(2)33(9)32(8,27(39)25(37)23(17)31(34,6)7)21(44-10)14-22-35(33,43)16-46-22/h11-13,18,20-22,24-26,37-38,42-43H,14-16H2,1-10H3,(H,36,41)/t18-,20?,21?,22?,24?,25?,26?,32-,33?,34?,35-/m0/s1. The maximum absolute atomic E-state index is 14.7. The first-order valence-electron chi connectivity index (χ1n) is 16.5. The first kappa shape index (κ1) is 36.5. The predicted octanol–water partition coefficient (Wildman–Crippen LogP) is 2.74. The maximum Gasteiger partial charge on any atom is 0.408 e. The molecule has 8 unspecified atom stereocenters. The number of aliphatic hydroxyl groups excluding tert-OH is 2. The Labute approximate surface area is 280 Å². The van der Waals surface area contributed by atoms with E-state index >= 15 is 0 Å². The Morgan fingerprint density at radius 2 is 1.77 bits per heavy atom. The molecule has 2 heterocycles. The Balaban J connectivity index is 1.56. The lowest BCUT2D eigenvalue weighted by Crippen LogP contribution is -2.83. The Morgan fingerprint density at radius 3 is 2.29 bits per heavy atom. The largest absolute Gasteiger partial charge is 0.467 e. The van der Waals surface area contributed by atoms with Crippen molar-refractivity contribution in [1.82, 2.24) is 5.32 Å². The lowest BCUT2D eigenvalue weighted by Gasteiger charge is -2.72. The summed E-state index contributed by atoms with van der Waals surface area (Å²) in [6.45, 7) is 15.2. The molecule has 48 heavy (non-hydrogen) atoms. The zero-order valence-electron chi connectivity index (χ0n) is 29.4. The summed E-state index contributed by atoms with van der Waals surface area (Å²) in [5.41, 5.74) is -7.77. The van der Waals surface area contributed by atoms with E-state index in [0.29, 0.717) is 5.57 Å². The van der Waals surface area contributed by atoms with Crippen LogP contribution in [0.25, 0.3) is 0 Å². The highest BCUT2D eigenvalue weighted by Crippen LogP contribution is 2.70. The number of fused-ring (bicyclic) bond motifs is 5. The van der Waals surface area contributed by atoms with E-state index in [1.165, 1.54) is 25.5 Å². The highest BCUT2D eigenvalue weighted by molar-refractivity contribution is 5.94. The van der Waals surface area contributed by atoms with Crippen LogP contribution in [-0.2, 0) is 28.5 Å². The molecular weight excluding hydrogens is 626 g/mol. The number of ether oxygens (including phenoxy) is 4. The minimum Gasteiger partial charge on any atom is -0.467 e. The van der Waals surface area contributed by atoms with Crippen LogP contribution >= 0.6 is 0 Å². The van der Waals surface area contributed by atoms with Gasteiger partial charge in [-0.25, -0.2) is 9.59 Å². The number of methoxy groups -OCH3 is 1. The predicted molar refractivity (Wildman–Crippen MR) is 169 cm³/mol. The Hall–Kier alpha value is -2.81. The van der Waals surface area contributed by atoms with Gasteiger partial charge in [0.2, 0.25) is 0 Å². The second-order valence-corrected chi connectivity index (χ2v) is 15.9. The van der Waals surface area contributed by atoms with E-state index in [-0.39, 0.29) is 30.8 Å². The smallest absolute Gasteiger partial charge is 0.408 e. The number of ketones is 1. The molecule has 1 aromatic heterocycles. The van der Waals surface area contributed by atoms with Gasteiger partial charge in [0.1, 0.15) is 35.2 Å². The van der Waals surface area contributed by atoms with E-state index < -0.39 is 93.4 Å². The Bertz CT molecular complexity index is 1480. The van der Waals surface area contributed by atoms with Gasteiger partial charge in [-0.2, -0.15) is 0 Å². The third-order valence-corrected chi connectivity index (χ3v) is 12.5. The second-order valence-electron chi connectivity index (χ2n) is 15.9. The van der Waals surface area contributed by atoms with Gasteiger partial charge in [-0.05, 0) is 63.8 Å². The number of alkyl carbamates (subject to hydrolysis) is 1. The first-order valence-corrected chi connectivity index (χ1v) is 16.5. The minimum atomic E-state index is -1.98. The van der Waals surface area contributed by atoms with Crippen molar-refractivity contribution >= 4 is 17.8 Å². The summed E-state index contributed by atoms with van der Waals surface area (Å²) < 4.78 is 28.3. The van der Waals surface area contributed by atoms with Crippen LogP contribution in [0.15, 0.2) is 34.0 Å². The molecule has 1 saturated heterocycles. The van der Waals surface area contributed by atoms with E-state index in [0.717, 1.165) is 0 Å². The fourth-order valence-corrected chi connectivity index (χ4v) is 9.33. The normalized spacial score (nSPS) is 40.3. The molecule has 13 heteroatoms. The average molecular weight is 678 g/mol. The second kappa shape index (κ2) is 11.6. The summed E-state index contributed by atoms with van der Waals surface area (Å²) in [6, 6.07) is 1.60. The summed E-state index contributed by atoms with van der Waals surface area (Å²) in [6.07, 6.45) is -5.91. The highest BCUT2D eigenvalue weighted by atomic mass is 16.6. The summed E-state index contributed by atoms with van der Waals surface area (Å²) in [5.74, 6) is -2.53. The first-order chi connectivity index (χ1) is 22.0. The number of carbonyl (C=O) groups excluding carboxylic acids is 3. The van der Waals surface area contributed by atoms with Gasteiger partial charge in [0.25, 0.3) is 0 Å². The summed E-state index contributed by atoms with van der Waals surface area (Å²) >= 11 is 0. The Kier molecular flexibility index (Phi) is 8.84. The fraction of sp³-hybridized carbons (Fsp3) is 0.743. The minimum absolute atomic E-state index is 0.0614. The van der Waals surface area contributed by atoms with Gasteiger partial charge in [0.15, 0.2) is 11.9 Å². The topological polar surface area (TPSA) is 194 Å². The van der Waals surface area contributed by atoms with Crippen LogP contribution in [0, 0.1) is 22.2 Å². The molecule has 0 spiro atoms. The number of nitrogens with one attached hydrogen (secondary N) is 1. The number of carbonyl (C=O) groups is 3. The average Bonchev–Trinajstić information content (AvgIpc) is 3.53. The van der Waals surface area contributed by atoms with Crippen molar-refractivity contribution in [3.8, 4) is 0 Å². The molecule has 0 radical (unpaired) electrons. The van der Waals surface area contributed by atoms with Crippen molar-refractivity contribution in [2.75, 3.05) is 13.7 Å². The molecule has 4 aliphatic rings. The molecule has 5 N–H and O–H groups in total. The number of hydrogen-bond donors (Lipinski definition) is 5. The van der Waals surface area contributed by atoms with Crippen LogP contribution in [0.1, 0.15) is 87.0 Å². The third-order valence-electron chi connectivity index (χ3n) is 12.5. The molecule has 268 valence electrons. The molecule has 1 aromatic rings. The van der Waals surface area contributed by atoms with Crippen LogP contribution in [0.4, 0.5) is 4.79 Å². The molecule has 5 rings (SSSR count). The molecule has 1 aliphatic heterocycles. The zero-order chi connectivity index (χ0) is 36.0. The van der Waals surface area contributed by atoms with Crippen LogP contribution < -0.4 is 5.32 Å². The van der Waals surface area contributed by atoms with Gasteiger partial charge >= 0.3 is 12.1 Å². The van der Waals surface area contributed by atoms with E-state index in [1.54, 1.807) is 62.3 Å². The number of rotatable bonds is 6. The van der Waals surface area contributed by atoms with Crippen molar-refractivity contribution < 1.29 is 58.2 Å². The number of aliphatic hydroxyl groups is 4. The third kappa shape index (κ3) is 4.91. The van der Waals surface area contributed by atoms with Crippen LogP contribution in [-0.4, -0.2) is 99.3 Å². The molecule has 2 saturated carbocycles. The number of esters is 1. The number of amides is 1. The van der Waals surface area contributed by atoms with Crippen molar-refractivity contribution in [2.24, 2.45) is 22.2 Å². The molecule has 3 fully saturated rings. The highest BCUT2D eigenvalue weighted by Gasteiger charge is 2.79. The molecule has 2 bridgehead atoms. The van der Waals surface area contributed by atoms with Crippen LogP contribution in [0.2, 0.25) is 0 Å². The van der Waals surface area contributed by atoms with E-state index in [2.05, 4.69) is 5.32 Å². The quantitative estimate of drug-likeness (QED) is 0.219. The monoisotopic (exact) mass is 677 g/mol.